The molecule has 0 saturated heterocycles. The number of aliphatic hydroxyl groups is 1. The van der Waals surface area contributed by atoms with Crippen LogP contribution in [0.4, 0.5) is 23.2 Å². The number of hydrogen-bond donors (Lipinski definition) is 1. The van der Waals surface area contributed by atoms with E-state index in [0.29, 0.717) is 62.6 Å². The molecule has 0 spiro atoms. The zero-order valence-electron chi connectivity index (χ0n) is 40.0. The molecule has 0 radical (unpaired) electrons. The van der Waals surface area contributed by atoms with Crippen molar-refractivity contribution in [2.45, 2.75) is 134 Å². The second-order valence-corrected chi connectivity index (χ2v) is 21.1. The third-order valence-electron chi connectivity index (χ3n) is 14.0. The maximum Gasteiger partial charge on any atom is 0.586 e. The fraction of sp³-hybridized carbons (Fsp3) is 0.463. The largest absolute Gasteiger partial charge is 0.586 e. The minimum atomic E-state index is -3.67. The van der Waals surface area contributed by atoms with Crippen molar-refractivity contribution in [3.8, 4) is 29.1 Å². The van der Waals surface area contributed by atoms with Crippen LogP contribution in [0.1, 0.15) is 107 Å². The molecule has 3 aliphatic heterocycles. The van der Waals surface area contributed by atoms with E-state index in [1.165, 1.54) is 35.5 Å². The summed E-state index contributed by atoms with van der Waals surface area (Å²) < 4.78 is 73.9. The number of benzene rings is 4. The number of aliphatic hydroxyl groups excluding tert-OH is 1. The lowest BCUT2D eigenvalue weighted by atomic mass is 9.84. The first-order valence-electron chi connectivity index (χ1n) is 23.3. The fourth-order valence-electron chi connectivity index (χ4n) is 10.2. The van der Waals surface area contributed by atoms with E-state index in [0.717, 1.165) is 53.4 Å². The second kappa shape index (κ2) is 18.2. The van der Waals surface area contributed by atoms with E-state index < -0.39 is 23.4 Å². The molecule has 15 heteroatoms. The number of aromatic nitrogens is 1. The number of nitrogens with zero attached hydrogens (tertiary/aromatic N) is 3. The Morgan fingerprint density at radius 2 is 1.22 bits per heavy atom. The van der Waals surface area contributed by atoms with E-state index in [4.69, 9.17) is 22.0 Å². The average molecular weight is 973 g/mol. The number of hydrogen-bond acceptors (Lipinski definition) is 9. The molecule has 1 N–H and O–H groups in total. The minimum Gasteiger partial charge on any atom is -0.400 e. The van der Waals surface area contributed by atoms with Gasteiger partial charge in [0.05, 0.1) is 23.3 Å². The molecule has 1 atom stereocenters. The van der Waals surface area contributed by atoms with Crippen LogP contribution in [0.2, 0.25) is 0 Å². The molecule has 1 unspecified atom stereocenters. The van der Waals surface area contributed by atoms with Gasteiger partial charge in [-0.05, 0) is 114 Å². The summed E-state index contributed by atoms with van der Waals surface area (Å²) in [5.41, 5.74) is 6.68. The Morgan fingerprint density at radius 1 is 0.710 bits per heavy atom. The topological polar surface area (TPSA) is 123 Å². The number of carbonyl (C=O) groups is 2. The van der Waals surface area contributed by atoms with Crippen molar-refractivity contribution in [2.24, 2.45) is 5.41 Å². The lowest BCUT2D eigenvalue weighted by molar-refractivity contribution is -0.287. The molecule has 10 rings (SSSR count). The summed E-state index contributed by atoms with van der Waals surface area (Å²) in [6, 6.07) is 26.4. The van der Waals surface area contributed by atoms with Crippen molar-refractivity contribution < 1.29 is 51.2 Å². The normalized spacial score (nSPS) is 19.1. The van der Waals surface area contributed by atoms with Crippen LogP contribution in [0.5, 0.6) is 23.0 Å². The number of halogens is 5. The predicted molar refractivity (Wildman–Crippen MR) is 255 cm³/mol. The van der Waals surface area contributed by atoms with E-state index in [9.17, 15) is 27.2 Å². The van der Waals surface area contributed by atoms with Crippen molar-refractivity contribution in [1.82, 2.24) is 4.57 Å². The molecule has 0 bridgehead atoms. The number of ether oxygens (including phenoxy) is 4. The first-order chi connectivity index (χ1) is 32.5. The van der Waals surface area contributed by atoms with Crippen LogP contribution >= 0.6 is 11.6 Å². The third-order valence-corrected chi connectivity index (χ3v) is 14.1. The molecule has 2 fully saturated rings. The highest BCUT2D eigenvalue weighted by Gasteiger charge is 2.53. The molecule has 4 heterocycles. The summed E-state index contributed by atoms with van der Waals surface area (Å²) in [5.74, 6) is 0.682. The quantitative estimate of drug-likeness (QED) is 0.0961. The Bertz CT molecular complexity index is 2830. The van der Waals surface area contributed by atoms with E-state index in [1.807, 2.05) is 24.3 Å². The number of rotatable bonds is 12. The smallest absolute Gasteiger partial charge is 0.400 e. The summed E-state index contributed by atoms with van der Waals surface area (Å²) >= 11 is 6.09. The lowest BCUT2D eigenvalue weighted by Crippen LogP contribution is -2.42. The maximum atomic E-state index is 13.4. The van der Waals surface area contributed by atoms with Gasteiger partial charge in [0.15, 0.2) is 23.0 Å². The monoisotopic (exact) mass is 971 g/mol. The summed E-state index contributed by atoms with van der Waals surface area (Å²) in [7, 11) is 1.00. The van der Waals surface area contributed by atoms with Gasteiger partial charge in [0.25, 0.3) is 0 Å². The van der Waals surface area contributed by atoms with Crippen LogP contribution in [0.3, 0.4) is 0 Å². The highest BCUT2D eigenvalue weighted by Crippen LogP contribution is 2.54. The Balaban J connectivity index is 0.000000180. The van der Waals surface area contributed by atoms with Crippen LogP contribution in [0, 0.1) is 16.7 Å². The van der Waals surface area contributed by atoms with Gasteiger partial charge in [-0.25, -0.2) is 0 Å². The third kappa shape index (κ3) is 9.87. The van der Waals surface area contributed by atoms with Crippen LogP contribution in [0.25, 0.3) is 10.9 Å². The van der Waals surface area contributed by atoms with Crippen LogP contribution < -0.4 is 23.8 Å². The predicted octanol–water partition coefficient (Wildman–Crippen LogP) is 11.5. The number of Topliss-reactive ketones (excluding diaryl/α,β-unsaturated/α-hetero) is 2. The number of anilines is 1. The van der Waals surface area contributed by atoms with Crippen molar-refractivity contribution in [3.05, 3.63) is 112 Å². The number of fused-ring (bicyclic) bond motifs is 4. The summed E-state index contributed by atoms with van der Waals surface area (Å²) in [5, 5.41) is 17.1. The molecule has 366 valence electrons. The van der Waals surface area contributed by atoms with Gasteiger partial charge < -0.3 is 33.5 Å². The molecule has 69 heavy (non-hydrogen) atoms. The molecular weight excluding hydrogens is 914 g/mol. The molecule has 5 aliphatic rings. The summed E-state index contributed by atoms with van der Waals surface area (Å²) in [6.07, 6.45) is -2.61. The molecule has 4 aromatic carbocycles. The Labute approximate surface area is 405 Å². The van der Waals surface area contributed by atoms with Gasteiger partial charge in [-0.1, -0.05) is 71.9 Å². The zero-order chi connectivity index (χ0) is 49.9. The van der Waals surface area contributed by atoms with E-state index in [1.54, 1.807) is 12.1 Å². The maximum absolute atomic E-state index is 13.4. The highest BCUT2D eigenvalue weighted by molar-refractivity contribution is 6.18. The second-order valence-electron chi connectivity index (χ2n) is 20.7. The van der Waals surface area contributed by atoms with Gasteiger partial charge in [0.2, 0.25) is 0 Å². The molecule has 5 aromatic rings. The van der Waals surface area contributed by atoms with Gasteiger partial charge in [0, 0.05) is 72.7 Å². The van der Waals surface area contributed by atoms with Crippen LogP contribution in [0.15, 0.2) is 78.9 Å². The standard InChI is InChI=1S/C27H26F2N2O3.C26H28ClF2NO3.CH4O/c1-25(2,3)23-15-18-13-17(5-7-20(18)31(23)12-4-11-30)14-24(32)26(9-10-26)19-6-8-21-22(16-19)34-27(28,29)33-21;1-24(2,3)22-14-17-12-16(4-6-19(17)30(22)11-10-27)13-23(31)25(8-9-25)18-5-7-20-21(15-18)33-26(28,29)32-20;1-2/h5-8,13,15-16H,4,9-10,12,14H2,1-3H3;4-7,12,15,22H,8-11,13-14H2,1-3H3;2H,1H3. The van der Waals surface area contributed by atoms with Crippen molar-refractivity contribution in [3.63, 3.8) is 0 Å². The average Bonchev–Trinajstić information content (AvgIpc) is 4.14. The molecular formula is C54H58ClF4N3O7. The van der Waals surface area contributed by atoms with Gasteiger partial charge in [0.1, 0.15) is 11.6 Å². The molecule has 2 saturated carbocycles. The van der Waals surface area contributed by atoms with E-state index in [2.05, 4.69) is 94.2 Å². The van der Waals surface area contributed by atoms with Gasteiger partial charge >= 0.3 is 12.6 Å². The first-order valence-corrected chi connectivity index (χ1v) is 23.8. The van der Waals surface area contributed by atoms with Gasteiger partial charge in [-0.3, -0.25) is 9.59 Å². The van der Waals surface area contributed by atoms with Crippen molar-refractivity contribution in [2.75, 3.05) is 24.4 Å². The number of nitriles is 1. The van der Waals surface area contributed by atoms with Gasteiger partial charge in [-0.15, -0.1) is 29.2 Å². The van der Waals surface area contributed by atoms with Crippen LogP contribution in [-0.4, -0.2) is 59.4 Å². The number of carbonyl (C=O) groups excluding carboxylic acids is 2. The molecule has 1 aromatic heterocycles. The number of aryl methyl sites for hydroxylation is 1. The molecule has 10 nitrogen and oxygen atoms in total. The summed E-state index contributed by atoms with van der Waals surface area (Å²) in [6.45, 7) is 14.6. The Hall–Kier alpha value is -5.78. The number of ketones is 2. The van der Waals surface area contributed by atoms with Crippen molar-refractivity contribution >= 4 is 39.8 Å². The van der Waals surface area contributed by atoms with Crippen molar-refractivity contribution in [1.29, 1.82) is 5.26 Å². The molecule has 2 aliphatic carbocycles. The fourth-order valence-corrected chi connectivity index (χ4v) is 10.4. The first kappa shape index (κ1) is 49.6. The number of alkyl halides is 5. The summed E-state index contributed by atoms with van der Waals surface area (Å²) in [4.78, 5) is 29.1. The van der Waals surface area contributed by atoms with Gasteiger partial charge in [-0.2, -0.15) is 5.26 Å². The van der Waals surface area contributed by atoms with E-state index in [-0.39, 0.29) is 51.8 Å². The zero-order valence-corrected chi connectivity index (χ0v) is 40.7. The van der Waals surface area contributed by atoms with Crippen LogP contribution in [-0.2, 0) is 51.6 Å². The molecule has 0 amide bonds. The minimum absolute atomic E-state index is 0.000485. The SMILES string of the molecule is CC(C)(C)C1Cc2cc(CC(=O)C3(c4ccc5c(c4)OC(F)(F)O5)CC3)ccc2N1CCCl.CC(C)(C)c1cc2cc(CC(=O)C3(c4ccc5c(c4)OC(F)(F)O5)CC3)ccc2n1CCC#N.CO. The van der Waals surface area contributed by atoms with E-state index >= 15 is 0 Å². The lowest BCUT2D eigenvalue weighted by Gasteiger charge is -2.36. The highest BCUT2D eigenvalue weighted by atomic mass is 35.5. The Kier molecular flexibility index (Phi) is 13.1. The Morgan fingerprint density at radius 3 is 1.70 bits per heavy atom.